The van der Waals surface area contributed by atoms with Gasteiger partial charge in [-0.2, -0.15) is 0 Å². The number of carboxylic acids is 1. The lowest BCUT2D eigenvalue weighted by molar-refractivity contribution is -0.136. The zero-order chi connectivity index (χ0) is 7.28. The highest BCUT2D eigenvalue weighted by molar-refractivity contribution is 8.13. The summed E-state index contributed by atoms with van der Waals surface area (Å²) in [7, 11) is 0. The Labute approximate surface area is 57.4 Å². The van der Waals surface area contributed by atoms with Crippen molar-refractivity contribution in [3.05, 3.63) is 0 Å². The van der Waals surface area contributed by atoms with Gasteiger partial charge in [0.2, 0.25) is 0 Å². The van der Waals surface area contributed by atoms with Crippen LogP contribution < -0.4 is 0 Å². The average molecular weight is 148 g/mol. The van der Waals surface area contributed by atoms with Gasteiger partial charge in [0, 0.05) is 12.7 Å². The Balaban J connectivity index is 3.10. The van der Waals surface area contributed by atoms with E-state index < -0.39 is 5.97 Å². The summed E-state index contributed by atoms with van der Waals surface area (Å²) >= 11 is 1.04. The summed E-state index contributed by atoms with van der Waals surface area (Å²) in [4.78, 5) is 20.1. The van der Waals surface area contributed by atoms with Gasteiger partial charge in [0.05, 0.1) is 6.42 Å². The summed E-state index contributed by atoms with van der Waals surface area (Å²) in [6, 6.07) is 0. The molecule has 0 amide bonds. The Morgan fingerprint density at radius 2 is 2.11 bits per heavy atom. The number of carbonyl (C=O) groups is 2. The molecule has 0 fully saturated rings. The minimum Gasteiger partial charge on any atom is -0.481 e. The maximum absolute atomic E-state index is 10.2. The number of hydrogen-bond donors (Lipinski definition) is 1. The largest absolute Gasteiger partial charge is 0.481 e. The Bertz CT molecular complexity index is 107. The molecule has 4 heteroatoms. The monoisotopic (exact) mass is 148 g/mol. The summed E-state index contributed by atoms with van der Waals surface area (Å²) < 4.78 is 0. The van der Waals surface area contributed by atoms with E-state index in [1.165, 1.54) is 6.92 Å². The van der Waals surface area contributed by atoms with Gasteiger partial charge in [-0.15, -0.1) is 0 Å². The molecule has 0 saturated heterocycles. The number of carbonyl (C=O) groups excluding carboxylic acids is 1. The van der Waals surface area contributed by atoms with Gasteiger partial charge < -0.3 is 5.11 Å². The van der Waals surface area contributed by atoms with Crippen LogP contribution in [0.3, 0.4) is 0 Å². The first kappa shape index (κ1) is 8.49. The van der Waals surface area contributed by atoms with E-state index in [0.717, 1.165) is 11.8 Å². The molecule has 0 heterocycles. The van der Waals surface area contributed by atoms with Crippen molar-refractivity contribution < 1.29 is 14.7 Å². The zero-order valence-corrected chi connectivity index (χ0v) is 5.90. The highest BCUT2D eigenvalue weighted by Gasteiger charge is 1.97. The summed E-state index contributed by atoms with van der Waals surface area (Å²) in [5.41, 5.74) is 0. The minimum atomic E-state index is -0.858. The standard InChI is InChI=1S/C5H8O3S/c1-4(6)9-3-2-5(7)8/h2-3H2,1H3,(H,7,8). The first-order valence-corrected chi connectivity index (χ1v) is 3.46. The summed E-state index contributed by atoms with van der Waals surface area (Å²) in [6.07, 6.45) is 0.0598. The molecule has 0 aromatic carbocycles. The van der Waals surface area contributed by atoms with Crippen LogP contribution in [-0.4, -0.2) is 21.9 Å². The molecule has 3 nitrogen and oxygen atoms in total. The van der Waals surface area contributed by atoms with E-state index in [4.69, 9.17) is 5.11 Å². The molecule has 0 aromatic heterocycles. The summed E-state index contributed by atoms with van der Waals surface area (Å²) in [5.74, 6) is -0.478. The number of aliphatic carboxylic acids is 1. The van der Waals surface area contributed by atoms with Gasteiger partial charge in [-0.1, -0.05) is 11.8 Å². The molecule has 0 rings (SSSR count). The Hall–Kier alpha value is -0.510. The molecule has 0 spiro atoms. The molecular weight excluding hydrogens is 140 g/mol. The van der Waals surface area contributed by atoms with E-state index in [1.54, 1.807) is 0 Å². The second-order valence-corrected chi connectivity index (χ2v) is 2.76. The smallest absolute Gasteiger partial charge is 0.304 e. The maximum atomic E-state index is 10.2. The van der Waals surface area contributed by atoms with Crippen molar-refractivity contribution in [3.63, 3.8) is 0 Å². The fraction of sp³-hybridized carbons (Fsp3) is 0.600. The van der Waals surface area contributed by atoms with Crippen LogP contribution in [0, 0.1) is 0 Å². The van der Waals surface area contributed by atoms with Crippen molar-refractivity contribution in [2.75, 3.05) is 5.75 Å². The Morgan fingerprint density at radius 3 is 2.44 bits per heavy atom. The van der Waals surface area contributed by atoms with Crippen molar-refractivity contribution in [3.8, 4) is 0 Å². The third kappa shape index (κ3) is 7.49. The van der Waals surface area contributed by atoms with Crippen molar-refractivity contribution in [1.29, 1.82) is 0 Å². The number of thioether (sulfide) groups is 1. The third-order valence-corrected chi connectivity index (χ3v) is 1.44. The van der Waals surface area contributed by atoms with Gasteiger partial charge in [0.1, 0.15) is 0 Å². The quantitative estimate of drug-likeness (QED) is 0.641. The van der Waals surface area contributed by atoms with Gasteiger partial charge in [-0.25, -0.2) is 0 Å². The molecule has 0 radical (unpaired) electrons. The molecule has 0 unspecified atom stereocenters. The van der Waals surface area contributed by atoms with Crippen molar-refractivity contribution >= 4 is 22.8 Å². The van der Waals surface area contributed by atoms with Gasteiger partial charge in [-0.05, 0) is 0 Å². The highest BCUT2D eigenvalue weighted by Crippen LogP contribution is 2.01. The number of rotatable bonds is 3. The normalized spacial score (nSPS) is 9.00. The van der Waals surface area contributed by atoms with Crippen molar-refractivity contribution in [2.24, 2.45) is 0 Å². The van der Waals surface area contributed by atoms with E-state index in [0.29, 0.717) is 5.75 Å². The van der Waals surface area contributed by atoms with Crippen LogP contribution in [-0.2, 0) is 9.59 Å². The molecule has 0 aliphatic carbocycles. The summed E-state index contributed by atoms with van der Waals surface area (Å²) in [6.45, 7) is 1.42. The second kappa shape index (κ2) is 4.38. The van der Waals surface area contributed by atoms with E-state index in [1.807, 2.05) is 0 Å². The topological polar surface area (TPSA) is 54.4 Å². The Kier molecular flexibility index (Phi) is 4.13. The van der Waals surface area contributed by atoms with Crippen LogP contribution >= 0.6 is 11.8 Å². The average Bonchev–Trinajstić information content (AvgIpc) is 1.63. The van der Waals surface area contributed by atoms with E-state index >= 15 is 0 Å². The first-order valence-electron chi connectivity index (χ1n) is 2.48. The second-order valence-electron chi connectivity index (χ2n) is 1.48. The number of hydrogen-bond acceptors (Lipinski definition) is 3. The van der Waals surface area contributed by atoms with E-state index in [9.17, 15) is 9.59 Å². The van der Waals surface area contributed by atoms with Gasteiger partial charge >= 0.3 is 5.97 Å². The molecule has 52 valence electrons. The lowest BCUT2D eigenvalue weighted by Gasteiger charge is -1.89. The molecule has 0 saturated carbocycles. The van der Waals surface area contributed by atoms with E-state index in [2.05, 4.69) is 0 Å². The molecule has 0 aliphatic heterocycles. The lowest BCUT2D eigenvalue weighted by atomic mass is 10.5. The minimum absolute atomic E-state index is 0.0312. The molecule has 0 bridgehead atoms. The molecule has 1 N–H and O–H groups in total. The van der Waals surface area contributed by atoms with Crippen LogP contribution in [0.2, 0.25) is 0 Å². The van der Waals surface area contributed by atoms with Crippen LogP contribution in [0.15, 0.2) is 0 Å². The first-order chi connectivity index (χ1) is 4.13. The maximum Gasteiger partial charge on any atom is 0.304 e. The predicted octanol–water partition coefficient (Wildman–Crippen LogP) is 0.741. The fourth-order valence-electron chi connectivity index (χ4n) is 0.282. The Morgan fingerprint density at radius 1 is 1.56 bits per heavy atom. The fourth-order valence-corrected chi connectivity index (χ4v) is 0.846. The molecule has 0 aromatic rings. The van der Waals surface area contributed by atoms with Gasteiger partial charge in [0.25, 0.3) is 0 Å². The van der Waals surface area contributed by atoms with Crippen LogP contribution in [0.1, 0.15) is 13.3 Å². The van der Waals surface area contributed by atoms with Crippen LogP contribution in [0.5, 0.6) is 0 Å². The van der Waals surface area contributed by atoms with Crippen molar-refractivity contribution in [2.45, 2.75) is 13.3 Å². The zero-order valence-electron chi connectivity index (χ0n) is 5.09. The van der Waals surface area contributed by atoms with Crippen molar-refractivity contribution in [1.82, 2.24) is 0 Å². The van der Waals surface area contributed by atoms with E-state index in [-0.39, 0.29) is 11.5 Å². The van der Waals surface area contributed by atoms with Crippen LogP contribution in [0.25, 0.3) is 0 Å². The SMILES string of the molecule is CC(=O)SCCC(=O)O. The highest BCUT2D eigenvalue weighted by atomic mass is 32.2. The predicted molar refractivity (Wildman–Crippen MR) is 35.4 cm³/mol. The summed E-state index contributed by atoms with van der Waals surface area (Å²) in [5, 5.41) is 8.07. The van der Waals surface area contributed by atoms with Gasteiger partial charge in [-0.3, -0.25) is 9.59 Å². The number of carboxylic acid groups (broad SMARTS) is 1. The molecule has 0 atom stereocenters. The third-order valence-electron chi connectivity index (χ3n) is 0.621. The van der Waals surface area contributed by atoms with Crippen LogP contribution in [0.4, 0.5) is 0 Å². The molecule has 9 heavy (non-hydrogen) atoms. The van der Waals surface area contributed by atoms with Gasteiger partial charge in [0.15, 0.2) is 5.12 Å². The lowest BCUT2D eigenvalue weighted by Crippen LogP contribution is -1.97. The molecule has 0 aliphatic rings. The molecular formula is C5H8O3S.